The molecule has 202 valence electrons. The van der Waals surface area contributed by atoms with Crippen molar-refractivity contribution in [1.82, 2.24) is 20.1 Å². The van der Waals surface area contributed by atoms with Crippen LogP contribution < -0.4 is 10.1 Å². The van der Waals surface area contributed by atoms with Crippen LogP contribution in [0.3, 0.4) is 0 Å². The lowest BCUT2D eigenvalue weighted by molar-refractivity contribution is 0.112. The standard InChI is InChI=1S/C22H33N3O3.C7H9NO/c1-5-7-20-22(8-10-23-11-9-22)25(6-2)21(26)24(20)15-17-12-18(16-27-3)14-19(13-17)28-4;1-5-3-7(4-9)6(2)8-5/h7,12-14,23H,5-6,8-11,15-16H2,1-4H3;3-4,8H,1-2H3/b20-7-;. The first-order chi connectivity index (χ1) is 17.8. The number of carbonyl (C=O) groups is 2. The van der Waals surface area contributed by atoms with Crippen molar-refractivity contribution in [3.05, 3.63) is 64.1 Å². The number of aromatic amines is 1. The molecule has 8 heteroatoms. The molecule has 0 atom stereocenters. The summed E-state index contributed by atoms with van der Waals surface area (Å²) in [5.74, 6) is 0.793. The average molecular weight is 511 g/mol. The summed E-state index contributed by atoms with van der Waals surface area (Å²) < 4.78 is 10.8. The molecule has 2 aliphatic heterocycles. The highest BCUT2D eigenvalue weighted by Crippen LogP contribution is 2.43. The Hall–Kier alpha value is -3.10. The van der Waals surface area contributed by atoms with Gasteiger partial charge in [0.2, 0.25) is 0 Å². The van der Waals surface area contributed by atoms with E-state index < -0.39 is 0 Å². The molecule has 1 spiro atoms. The van der Waals surface area contributed by atoms with Gasteiger partial charge in [0.05, 0.1) is 25.8 Å². The lowest BCUT2D eigenvalue weighted by atomic mass is 9.83. The fourth-order valence-electron chi connectivity index (χ4n) is 5.51. The predicted octanol–water partition coefficient (Wildman–Crippen LogP) is 4.96. The van der Waals surface area contributed by atoms with Crippen LogP contribution in [0.15, 0.2) is 36.0 Å². The van der Waals surface area contributed by atoms with Crippen LogP contribution in [0, 0.1) is 13.8 Å². The van der Waals surface area contributed by atoms with Crippen molar-refractivity contribution in [3.8, 4) is 5.75 Å². The first-order valence-electron chi connectivity index (χ1n) is 13.1. The molecule has 2 amide bonds. The maximum absolute atomic E-state index is 13.4. The monoisotopic (exact) mass is 510 g/mol. The summed E-state index contributed by atoms with van der Waals surface area (Å²) in [4.78, 5) is 30.7. The zero-order chi connectivity index (χ0) is 27.0. The Morgan fingerprint density at radius 1 is 1.05 bits per heavy atom. The molecule has 8 nitrogen and oxygen atoms in total. The van der Waals surface area contributed by atoms with Crippen molar-refractivity contribution in [2.45, 2.75) is 65.6 Å². The number of piperidine rings is 1. The van der Waals surface area contributed by atoms with Crippen LogP contribution in [0.2, 0.25) is 0 Å². The van der Waals surface area contributed by atoms with E-state index in [1.165, 1.54) is 5.70 Å². The van der Waals surface area contributed by atoms with E-state index in [2.05, 4.69) is 41.2 Å². The minimum atomic E-state index is -0.179. The Balaban J connectivity index is 0.000000356. The van der Waals surface area contributed by atoms with Crippen molar-refractivity contribution in [2.75, 3.05) is 33.9 Å². The van der Waals surface area contributed by atoms with E-state index in [0.29, 0.717) is 13.2 Å². The van der Waals surface area contributed by atoms with Gasteiger partial charge in [-0.25, -0.2) is 4.79 Å². The smallest absolute Gasteiger partial charge is 0.325 e. The van der Waals surface area contributed by atoms with E-state index in [4.69, 9.17) is 9.47 Å². The summed E-state index contributed by atoms with van der Waals surface area (Å²) in [5, 5.41) is 3.45. The minimum absolute atomic E-state index is 0.111. The van der Waals surface area contributed by atoms with E-state index >= 15 is 0 Å². The van der Waals surface area contributed by atoms with Gasteiger partial charge in [0.1, 0.15) is 5.75 Å². The SMILES string of the molecule is CC/C=C1\N(Cc2cc(COC)cc(OC)c2)C(=O)N(CC)C12CCNCC2.Cc1cc(C=O)c(C)[nH]1. The molecule has 2 fully saturated rings. The van der Waals surface area contributed by atoms with Crippen molar-refractivity contribution < 1.29 is 19.1 Å². The van der Waals surface area contributed by atoms with E-state index in [-0.39, 0.29) is 11.6 Å². The molecule has 2 aromatic rings. The van der Waals surface area contributed by atoms with Crippen LogP contribution in [0.1, 0.15) is 66.0 Å². The lowest BCUT2D eigenvalue weighted by Crippen LogP contribution is -2.52. The number of nitrogens with zero attached hydrogens (tertiary/aromatic N) is 2. The number of ether oxygens (including phenoxy) is 2. The van der Waals surface area contributed by atoms with Crippen LogP contribution >= 0.6 is 0 Å². The maximum Gasteiger partial charge on any atom is 0.325 e. The zero-order valence-corrected chi connectivity index (χ0v) is 23.1. The zero-order valence-electron chi connectivity index (χ0n) is 23.1. The summed E-state index contributed by atoms with van der Waals surface area (Å²) >= 11 is 0. The second-order valence-electron chi connectivity index (χ2n) is 9.67. The Bertz CT molecular complexity index is 1100. The van der Waals surface area contributed by atoms with Crippen LogP contribution in [0.4, 0.5) is 4.79 Å². The molecule has 0 bridgehead atoms. The van der Waals surface area contributed by atoms with Gasteiger partial charge in [0.25, 0.3) is 0 Å². The number of hydrogen-bond acceptors (Lipinski definition) is 5. The van der Waals surface area contributed by atoms with Crippen LogP contribution in [0.25, 0.3) is 0 Å². The van der Waals surface area contributed by atoms with E-state index in [1.54, 1.807) is 14.2 Å². The van der Waals surface area contributed by atoms with Gasteiger partial charge in [-0.15, -0.1) is 0 Å². The summed E-state index contributed by atoms with van der Waals surface area (Å²) in [5.41, 5.74) is 5.84. The molecular weight excluding hydrogens is 468 g/mol. The van der Waals surface area contributed by atoms with Crippen LogP contribution in [-0.2, 0) is 17.9 Å². The molecule has 2 saturated heterocycles. The number of benzene rings is 1. The fourth-order valence-corrected chi connectivity index (χ4v) is 5.51. The molecule has 0 aliphatic carbocycles. The third-order valence-corrected chi connectivity index (χ3v) is 7.12. The van der Waals surface area contributed by atoms with Crippen molar-refractivity contribution in [2.24, 2.45) is 0 Å². The third kappa shape index (κ3) is 6.25. The Kier molecular flexibility index (Phi) is 9.94. The lowest BCUT2D eigenvalue weighted by Gasteiger charge is -2.41. The molecule has 1 aromatic carbocycles. The number of amides is 2. The first kappa shape index (κ1) is 28.5. The molecular formula is C29H42N4O4. The van der Waals surface area contributed by atoms with E-state index in [1.807, 2.05) is 36.9 Å². The van der Waals surface area contributed by atoms with Gasteiger partial charge >= 0.3 is 6.03 Å². The number of carbonyl (C=O) groups excluding carboxylic acids is 2. The minimum Gasteiger partial charge on any atom is -0.497 e. The van der Waals surface area contributed by atoms with Gasteiger partial charge in [-0.2, -0.15) is 0 Å². The average Bonchev–Trinajstić information content (AvgIpc) is 3.33. The highest BCUT2D eigenvalue weighted by Gasteiger charge is 2.52. The summed E-state index contributed by atoms with van der Waals surface area (Å²) in [6.07, 6.45) is 5.94. The number of urea groups is 1. The number of rotatable bonds is 8. The molecule has 4 rings (SSSR count). The second-order valence-corrected chi connectivity index (χ2v) is 9.67. The van der Waals surface area contributed by atoms with Gasteiger partial charge < -0.3 is 24.7 Å². The Morgan fingerprint density at radius 2 is 1.76 bits per heavy atom. The number of aromatic nitrogens is 1. The van der Waals surface area contributed by atoms with E-state index in [0.717, 1.165) is 79.0 Å². The number of aldehydes is 1. The van der Waals surface area contributed by atoms with Gasteiger partial charge in [0, 0.05) is 36.3 Å². The first-order valence-corrected chi connectivity index (χ1v) is 13.1. The van der Waals surface area contributed by atoms with Crippen molar-refractivity contribution in [3.63, 3.8) is 0 Å². The molecule has 0 unspecified atom stereocenters. The van der Waals surface area contributed by atoms with E-state index in [9.17, 15) is 9.59 Å². The number of allylic oxidation sites excluding steroid dienone is 1. The molecule has 1 aromatic heterocycles. The topological polar surface area (TPSA) is 86.9 Å². The predicted molar refractivity (Wildman–Crippen MR) is 146 cm³/mol. The Labute approximate surface area is 221 Å². The number of aryl methyl sites for hydroxylation is 2. The number of H-pyrrole nitrogens is 1. The molecule has 3 heterocycles. The molecule has 0 radical (unpaired) electrons. The molecule has 37 heavy (non-hydrogen) atoms. The number of likely N-dealkylation sites (N-methyl/N-ethyl adjacent to an activating group) is 1. The van der Waals surface area contributed by atoms with Gasteiger partial charge in [-0.1, -0.05) is 19.1 Å². The van der Waals surface area contributed by atoms with Crippen LogP contribution in [-0.4, -0.2) is 66.5 Å². The Morgan fingerprint density at radius 3 is 2.27 bits per heavy atom. The van der Waals surface area contributed by atoms with Gasteiger partial charge in [-0.05, 0) is 82.4 Å². The summed E-state index contributed by atoms with van der Waals surface area (Å²) in [6, 6.07) is 8.04. The van der Waals surface area contributed by atoms with Crippen molar-refractivity contribution >= 4 is 12.3 Å². The van der Waals surface area contributed by atoms with Crippen LogP contribution in [0.5, 0.6) is 5.75 Å². The molecule has 0 saturated carbocycles. The summed E-state index contributed by atoms with van der Waals surface area (Å²) in [6.45, 7) is 11.7. The van der Waals surface area contributed by atoms with Crippen molar-refractivity contribution in [1.29, 1.82) is 0 Å². The normalized spacial score (nSPS) is 17.8. The quantitative estimate of drug-likeness (QED) is 0.490. The number of nitrogens with one attached hydrogen (secondary N) is 2. The number of methoxy groups -OCH3 is 2. The summed E-state index contributed by atoms with van der Waals surface area (Å²) in [7, 11) is 3.35. The number of hydrogen-bond donors (Lipinski definition) is 2. The molecule has 2 N–H and O–H groups in total. The molecule has 2 aliphatic rings. The third-order valence-electron chi connectivity index (χ3n) is 7.12. The maximum atomic E-state index is 13.4. The highest BCUT2D eigenvalue weighted by atomic mass is 16.5. The highest BCUT2D eigenvalue weighted by molar-refractivity contribution is 5.82. The largest absolute Gasteiger partial charge is 0.497 e. The fraction of sp³-hybridized carbons (Fsp3) is 0.517. The van der Waals surface area contributed by atoms with Gasteiger partial charge in [-0.3, -0.25) is 9.69 Å². The second kappa shape index (κ2) is 12.9. The van der Waals surface area contributed by atoms with Gasteiger partial charge in [0.15, 0.2) is 6.29 Å².